The molecule has 0 aliphatic heterocycles. The lowest BCUT2D eigenvalue weighted by molar-refractivity contribution is 0.760. The minimum atomic E-state index is 0.304. The number of anilines is 1. The topological polar surface area (TPSA) is 37.8 Å². The Morgan fingerprint density at radius 1 is 1.16 bits per heavy atom. The van der Waals surface area contributed by atoms with Gasteiger partial charge in [0.2, 0.25) is 0 Å². The van der Waals surface area contributed by atoms with Gasteiger partial charge in [-0.1, -0.05) is 25.1 Å². The lowest BCUT2D eigenvalue weighted by atomic mass is 10.1. The van der Waals surface area contributed by atoms with Gasteiger partial charge in [-0.25, -0.2) is 9.97 Å². The SMILES string of the molecule is CCC(Nc1ncnc2ccccc12)c1cccs1. The van der Waals surface area contributed by atoms with E-state index in [1.165, 1.54) is 4.88 Å². The van der Waals surface area contributed by atoms with Crippen molar-refractivity contribution in [2.45, 2.75) is 19.4 Å². The first-order valence-corrected chi connectivity index (χ1v) is 7.26. The molecule has 3 rings (SSSR count). The summed E-state index contributed by atoms with van der Waals surface area (Å²) in [5.41, 5.74) is 0.973. The maximum Gasteiger partial charge on any atom is 0.137 e. The van der Waals surface area contributed by atoms with Crippen LogP contribution in [0.25, 0.3) is 10.9 Å². The van der Waals surface area contributed by atoms with Crippen molar-refractivity contribution in [2.75, 3.05) is 5.32 Å². The fraction of sp³-hybridized carbons (Fsp3) is 0.200. The van der Waals surface area contributed by atoms with E-state index in [0.717, 1.165) is 23.1 Å². The van der Waals surface area contributed by atoms with Gasteiger partial charge in [0, 0.05) is 10.3 Å². The Bertz CT molecular complexity index is 659. The van der Waals surface area contributed by atoms with E-state index in [-0.39, 0.29) is 0 Å². The summed E-state index contributed by atoms with van der Waals surface area (Å²) in [7, 11) is 0. The van der Waals surface area contributed by atoms with Gasteiger partial charge >= 0.3 is 0 Å². The number of nitrogens with zero attached hydrogens (tertiary/aromatic N) is 2. The molecule has 2 aromatic heterocycles. The van der Waals surface area contributed by atoms with E-state index < -0.39 is 0 Å². The normalized spacial score (nSPS) is 12.5. The van der Waals surface area contributed by atoms with Crippen LogP contribution in [-0.4, -0.2) is 9.97 Å². The number of thiophene rings is 1. The minimum absolute atomic E-state index is 0.304. The zero-order chi connectivity index (χ0) is 13.1. The van der Waals surface area contributed by atoms with Gasteiger partial charge in [-0.3, -0.25) is 0 Å². The monoisotopic (exact) mass is 269 g/mol. The lowest BCUT2D eigenvalue weighted by Crippen LogP contribution is -2.09. The number of hydrogen-bond acceptors (Lipinski definition) is 4. The predicted octanol–water partition coefficient (Wildman–Crippen LogP) is 4.25. The van der Waals surface area contributed by atoms with Gasteiger partial charge in [0.05, 0.1) is 11.6 Å². The molecule has 2 heterocycles. The summed E-state index contributed by atoms with van der Waals surface area (Å²) in [5, 5.41) is 6.71. The van der Waals surface area contributed by atoms with E-state index in [1.54, 1.807) is 17.7 Å². The number of fused-ring (bicyclic) bond motifs is 1. The van der Waals surface area contributed by atoms with Crippen molar-refractivity contribution in [1.29, 1.82) is 0 Å². The van der Waals surface area contributed by atoms with Crippen LogP contribution in [0.4, 0.5) is 5.82 Å². The molecule has 3 aromatic rings. The number of benzene rings is 1. The molecule has 4 heteroatoms. The maximum absolute atomic E-state index is 4.39. The van der Waals surface area contributed by atoms with Gasteiger partial charge in [0.15, 0.2) is 0 Å². The number of hydrogen-bond donors (Lipinski definition) is 1. The van der Waals surface area contributed by atoms with Gasteiger partial charge in [-0.15, -0.1) is 11.3 Å². The molecule has 0 radical (unpaired) electrons. The molecule has 19 heavy (non-hydrogen) atoms. The second kappa shape index (κ2) is 5.36. The van der Waals surface area contributed by atoms with Crippen molar-refractivity contribution in [3.05, 3.63) is 53.0 Å². The molecule has 1 aromatic carbocycles. The van der Waals surface area contributed by atoms with Gasteiger partial charge in [-0.05, 0) is 30.0 Å². The van der Waals surface area contributed by atoms with E-state index in [0.29, 0.717) is 6.04 Å². The summed E-state index contributed by atoms with van der Waals surface area (Å²) in [4.78, 5) is 10.0. The molecule has 1 unspecified atom stereocenters. The van der Waals surface area contributed by atoms with Crippen molar-refractivity contribution >= 4 is 28.1 Å². The van der Waals surface area contributed by atoms with Crippen molar-refractivity contribution < 1.29 is 0 Å². The summed E-state index contributed by atoms with van der Waals surface area (Å²) < 4.78 is 0. The van der Waals surface area contributed by atoms with Crippen LogP contribution in [0.3, 0.4) is 0 Å². The standard InChI is InChI=1S/C15H15N3S/c1-2-12(14-8-5-9-19-14)18-15-11-6-3-4-7-13(11)16-10-17-15/h3-10,12H,2H2,1H3,(H,16,17,18). The third kappa shape index (κ3) is 2.44. The molecule has 96 valence electrons. The Hall–Kier alpha value is -1.94. The number of aromatic nitrogens is 2. The third-order valence-corrected chi connectivity index (χ3v) is 4.13. The fourth-order valence-corrected chi connectivity index (χ4v) is 3.01. The van der Waals surface area contributed by atoms with Crippen LogP contribution >= 0.6 is 11.3 Å². The van der Waals surface area contributed by atoms with Crippen LogP contribution in [0, 0.1) is 0 Å². The average Bonchev–Trinajstić information content (AvgIpc) is 2.99. The van der Waals surface area contributed by atoms with Gasteiger partial charge < -0.3 is 5.32 Å². The second-order valence-corrected chi connectivity index (χ2v) is 5.34. The van der Waals surface area contributed by atoms with Crippen LogP contribution in [0.5, 0.6) is 0 Å². The van der Waals surface area contributed by atoms with Gasteiger partial charge in [0.1, 0.15) is 12.1 Å². The number of para-hydroxylation sites is 1. The second-order valence-electron chi connectivity index (χ2n) is 4.36. The van der Waals surface area contributed by atoms with Crippen LogP contribution in [0.15, 0.2) is 48.1 Å². The molecule has 0 spiro atoms. The Labute approximate surface area is 116 Å². The lowest BCUT2D eigenvalue weighted by Gasteiger charge is -2.17. The zero-order valence-electron chi connectivity index (χ0n) is 10.7. The molecule has 0 amide bonds. The molecule has 0 fully saturated rings. The molecule has 1 N–H and O–H groups in total. The van der Waals surface area contributed by atoms with Crippen molar-refractivity contribution in [3.8, 4) is 0 Å². The zero-order valence-corrected chi connectivity index (χ0v) is 11.5. The quantitative estimate of drug-likeness (QED) is 0.769. The molecule has 3 nitrogen and oxygen atoms in total. The van der Waals surface area contributed by atoms with Crippen LogP contribution in [0.1, 0.15) is 24.3 Å². The van der Waals surface area contributed by atoms with Crippen LogP contribution in [0.2, 0.25) is 0 Å². The summed E-state index contributed by atoms with van der Waals surface area (Å²) in [6.07, 6.45) is 2.64. The van der Waals surface area contributed by atoms with Crippen molar-refractivity contribution in [3.63, 3.8) is 0 Å². The number of nitrogens with one attached hydrogen (secondary N) is 1. The molecular formula is C15H15N3S. The minimum Gasteiger partial charge on any atom is -0.362 e. The summed E-state index contributed by atoms with van der Waals surface area (Å²) in [5.74, 6) is 0.908. The highest BCUT2D eigenvalue weighted by molar-refractivity contribution is 7.10. The third-order valence-electron chi connectivity index (χ3n) is 3.15. The summed E-state index contributed by atoms with van der Waals surface area (Å²) in [6.45, 7) is 2.18. The molecule has 0 aliphatic carbocycles. The largest absolute Gasteiger partial charge is 0.362 e. The highest BCUT2D eigenvalue weighted by atomic mass is 32.1. The Balaban J connectivity index is 1.96. The van der Waals surface area contributed by atoms with E-state index in [1.807, 2.05) is 18.2 Å². The number of rotatable bonds is 4. The predicted molar refractivity (Wildman–Crippen MR) is 80.5 cm³/mol. The molecule has 0 bridgehead atoms. The first-order chi connectivity index (χ1) is 9.38. The van der Waals surface area contributed by atoms with E-state index >= 15 is 0 Å². The van der Waals surface area contributed by atoms with Gasteiger partial charge in [-0.2, -0.15) is 0 Å². The molecule has 0 saturated heterocycles. The molecule has 0 saturated carbocycles. The highest BCUT2D eigenvalue weighted by Crippen LogP contribution is 2.28. The van der Waals surface area contributed by atoms with Crippen molar-refractivity contribution in [2.24, 2.45) is 0 Å². The van der Waals surface area contributed by atoms with E-state index in [2.05, 4.69) is 45.8 Å². The van der Waals surface area contributed by atoms with E-state index in [9.17, 15) is 0 Å². The van der Waals surface area contributed by atoms with E-state index in [4.69, 9.17) is 0 Å². The van der Waals surface area contributed by atoms with Gasteiger partial charge in [0.25, 0.3) is 0 Å². The Kier molecular flexibility index (Phi) is 3.42. The summed E-state index contributed by atoms with van der Waals surface area (Å²) in [6, 6.07) is 12.6. The fourth-order valence-electron chi connectivity index (χ4n) is 2.15. The van der Waals surface area contributed by atoms with Crippen molar-refractivity contribution in [1.82, 2.24) is 9.97 Å². The summed E-state index contributed by atoms with van der Waals surface area (Å²) >= 11 is 1.77. The Morgan fingerprint density at radius 3 is 2.84 bits per heavy atom. The first-order valence-electron chi connectivity index (χ1n) is 6.38. The highest BCUT2D eigenvalue weighted by Gasteiger charge is 2.12. The first kappa shape index (κ1) is 12.1. The molecular weight excluding hydrogens is 254 g/mol. The smallest absolute Gasteiger partial charge is 0.137 e. The van der Waals surface area contributed by atoms with Crippen LogP contribution < -0.4 is 5.32 Å². The average molecular weight is 269 g/mol. The molecule has 0 aliphatic rings. The van der Waals surface area contributed by atoms with Crippen LogP contribution in [-0.2, 0) is 0 Å². The Morgan fingerprint density at radius 2 is 2.05 bits per heavy atom. The maximum atomic E-state index is 4.39. The molecule has 1 atom stereocenters.